The molecule has 1 aliphatic rings. The van der Waals surface area contributed by atoms with Crippen molar-refractivity contribution in [3.8, 4) is 0 Å². The van der Waals surface area contributed by atoms with Gasteiger partial charge in [-0.3, -0.25) is 9.59 Å². The maximum atomic E-state index is 13.4. The molecule has 2 atom stereocenters. The quantitative estimate of drug-likeness (QED) is 0.815. The van der Waals surface area contributed by atoms with Crippen molar-refractivity contribution in [2.75, 3.05) is 7.05 Å². The highest BCUT2D eigenvalue weighted by molar-refractivity contribution is 6.04. The van der Waals surface area contributed by atoms with E-state index in [2.05, 4.69) is 15.8 Å². The molecule has 0 spiro atoms. The molecule has 1 aliphatic heterocycles. The van der Waals surface area contributed by atoms with Gasteiger partial charge in [0.25, 0.3) is 5.91 Å². The van der Waals surface area contributed by atoms with E-state index in [-0.39, 0.29) is 18.1 Å². The number of rotatable bonds is 6. The summed E-state index contributed by atoms with van der Waals surface area (Å²) < 4.78 is 13.4. The molecule has 3 rings (SSSR count). The summed E-state index contributed by atoms with van der Waals surface area (Å²) in [4.78, 5) is 29.9. The fourth-order valence-corrected chi connectivity index (χ4v) is 2.85. The summed E-state index contributed by atoms with van der Waals surface area (Å²) in [5.41, 5.74) is 1.99. The van der Waals surface area contributed by atoms with E-state index in [1.165, 1.54) is 19.2 Å². The van der Waals surface area contributed by atoms with Crippen molar-refractivity contribution in [1.82, 2.24) is 10.6 Å². The standard InChI is InChI=1S/C20H20FN3O3/c1-22-19(25)17(10-13-6-3-2-4-7-13)23-20(26)18-12-16(24-27-18)14-8-5-9-15(21)11-14/h2-9,11,17-18H,10,12H2,1H3,(H,22,25)(H,23,26)/t17-,18-/m1/s1. The smallest absolute Gasteiger partial charge is 0.265 e. The third-order valence-electron chi connectivity index (χ3n) is 4.28. The van der Waals surface area contributed by atoms with Crippen LogP contribution in [0.1, 0.15) is 17.5 Å². The predicted octanol–water partition coefficient (Wildman–Crippen LogP) is 1.79. The molecule has 2 amide bonds. The summed E-state index contributed by atoms with van der Waals surface area (Å²) >= 11 is 0. The minimum atomic E-state index is -0.855. The molecular formula is C20H20FN3O3. The number of hydrogen-bond donors (Lipinski definition) is 2. The van der Waals surface area contributed by atoms with Crippen LogP contribution >= 0.6 is 0 Å². The van der Waals surface area contributed by atoms with Gasteiger partial charge in [0.1, 0.15) is 11.9 Å². The van der Waals surface area contributed by atoms with Crippen molar-refractivity contribution in [3.63, 3.8) is 0 Å². The first-order valence-electron chi connectivity index (χ1n) is 8.61. The van der Waals surface area contributed by atoms with Gasteiger partial charge in [-0.1, -0.05) is 47.6 Å². The molecule has 2 aromatic carbocycles. The third-order valence-corrected chi connectivity index (χ3v) is 4.28. The van der Waals surface area contributed by atoms with Crippen molar-refractivity contribution in [1.29, 1.82) is 0 Å². The van der Waals surface area contributed by atoms with Gasteiger partial charge >= 0.3 is 0 Å². The zero-order chi connectivity index (χ0) is 19.2. The van der Waals surface area contributed by atoms with Gasteiger partial charge in [-0.05, 0) is 17.7 Å². The van der Waals surface area contributed by atoms with E-state index in [1.54, 1.807) is 12.1 Å². The Hall–Kier alpha value is -3.22. The Balaban J connectivity index is 1.63. The second-order valence-corrected chi connectivity index (χ2v) is 6.21. The van der Waals surface area contributed by atoms with E-state index < -0.39 is 18.1 Å². The van der Waals surface area contributed by atoms with Crippen molar-refractivity contribution in [2.24, 2.45) is 5.16 Å². The van der Waals surface area contributed by atoms with Crippen LogP contribution in [0.25, 0.3) is 0 Å². The molecule has 0 saturated carbocycles. The molecule has 1 heterocycles. The molecule has 140 valence electrons. The van der Waals surface area contributed by atoms with Crippen molar-refractivity contribution >= 4 is 17.5 Å². The maximum absolute atomic E-state index is 13.4. The second kappa shape index (κ2) is 8.44. The molecule has 0 unspecified atom stereocenters. The summed E-state index contributed by atoms with van der Waals surface area (Å²) in [7, 11) is 1.52. The first-order chi connectivity index (χ1) is 13.1. The summed E-state index contributed by atoms with van der Waals surface area (Å²) in [5.74, 6) is -1.11. The van der Waals surface area contributed by atoms with Gasteiger partial charge in [-0.2, -0.15) is 0 Å². The fourth-order valence-electron chi connectivity index (χ4n) is 2.85. The molecule has 7 heteroatoms. The fraction of sp³-hybridized carbons (Fsp3) is 0.250. The molecule has 0 saturated heterocycles. The molecule has 2 aromatic rings. The largest absolute Gasteiger partial charge is 0.382 e. The van der Waals surface area contributed by atoms with Gasteiger partial charge in [-0.25, -0.2) is 4.39 Å². The molecule has 0 aromatic heterocycles. The van der Waals surface area contributed by atoms with Gasteiger partial charge < -0.3 is 15.5 Å². The number of benzene rings is 2. The number of likely N-dealkylation sites (N-methyl/N-ethyl adjacent to an activating group) is 1. The Morgan fingerprint density at radius 1 is 1.22 bits per heavy atom. The van der Waals surface area contributed by atoms with Crippen LogP contribution in [-0.4, -0.2) is 36.7 Å². The molecule has 0 bridgehead atoms. The molecule has 2 N–H and O–H groups in total. The first kappa shape index (κ1) is 18.6. The Morgan fingerprint density at radius 3 is 2.70 bits per heavy atom. The molecule has 27 heavy (non-hydrogen) atoms. The maximum Gasteiger partial charge on any atom is 0.265 e. The lowest BCUT2D eigenvalue weighted by molar-refractivity contribution is -0.135. The number of nitrogens with one attached hydrogen (secondary N) is 2. The average Bonchev–Trinajstić information content (AvgIpc) is 3.18. The van der Waals surface area contributed by atoms with E-state index >= 15 is 0 Å². The van der Waals surface area contributed by atoms with Gasteiger partial charge in [0, 0.05) is 25.5 Å². The van der Waals surface area contributed by atoms with E-state index in [0.29, 0.717) is 17.7 Å². The molecular weight excluding hydrogens is 349 g/mol. The Morgan fingerprint density at radius 2 is 2.00 bits per heavy atom. The molecule has 6 nitrogen and oxygen atoms in total. The molecule has 0 fully saturated rings. The zero-order valence-electron chi connectivity index (χ0n) is 14.8. The van der Waals surface area contributed by atoms with Crippen molar-refractivity contribution < 1.29 is 18.8 Å². The molecule has 0 aliphatic carbocycles. The number of halogens is 1. The summed E-state index contributed by atoms with van der Waals surface area (Å²) in [6.45, 7) is 0. The number of carbonyl (C=O) groups is 2. The van der Waals surface area contributed by atoms with Crippen LogP contribution in [0.15, 0.2) is 59.8 Å². The lowest BCUT2D eigenvalue weighted by atomic mass is 10.0. The van der Waals surface area contributed by atoms with Crippen LogP contribution in [0.4, 0.5) is 4.39 Å². The lowest BCUT2D eigenvalue weighted by Crippen LogP contribution is -2.50. The minimum absolute atomic E-state index is 0.209. The van der Waals surface area contributed by atoms with Crippen LogP contribution in [0.2, 0.25) is 0 Å². The zero-order valence-corrected chi connectivity index (χ0v) is 14.8. The second-order valence-electron chi connectivity index (χ2n) is 6.21. The van der Waals surface area contributed by atoms with Crippen LogP contribution in [0, 0.1) is 5.82 Å². The Labute approximate surface area is 156 Å². The van der Waals surface area contributed by atoms with Crippen LogP contribution in [0.3, 0.4) is 0 Å². The van der Waals surface area contributed by atoms with E-state index in [4.69, 9.17) is 4.84 Å². The first-order valence-corrected chi connectivity index (χ1v) is 8.61. The number of oxime groups is 1. The van der Waals surface area contributed by atoms with Gasteiger partial charge in [0.05, 0.1) is 5.71 Å². The summed E-state index contributed by atoms with van der Waals surface area (Å²) in [6, 6.07) is 14.6. The van der Waals surface area contributed by atoms with Gasteiger partial charge in [0.2, 0.25) is 12.0 Å². The van der Waals surface area contributed by atoms with E-state index in [0.717, 1.165) is 5.56 Å². The van der Waals surface area contributed by atoms with Crippen LogP contribution in [0.5, 0.6) is 0 Å². The number of nitrogens with zero attached hydrogens (tertiary/aromatic N) is 1. The van der Waals surface area contributed by atoms with Gasteiger partial charge in [0.15, 0.2) is 0 Å². The van der Waals surface area contributed by atoms with E-state index in [1.807, 2.05) is 30.3 Å². The number of hydrogen-bond acceptors (Lipinski definition) is 4. The molecule has 0 radical (unpaired) electrons. The van der Waals surface area contributed by atoms with Crippen molar-refractivity contribution in [2.45, 2.75) is 25.0 Å². The Bertz CT molecular complexity index is 855. The highest BCUT2D eigenvalue weighted by Gasteiger charge is 2.31. The highest BCUT2D eigenvalue weighted by atomic mass is 19.1. The topological polar surface area (TPSA) is 79.8 Å². The third kappa shape index (κ3) is 4.69. The Kier molecular flexibility index (Phi) is 5.80. The van der Waals surface area contributed by atoms with E-state index in [9.17, 15) is 14.0 Å². The highest BCUT2D eigenvalue weighted by Crippen LogP contribution is 2.18. The number of carbonyl (C=O) groups excluding carboxylic acids is 2. The summed E-state index contributed by atoms with van der Waals surface area (Å²) in [6.07, 6.45) is -0.288. The van der Waals surface area contributed by atoms with Crippen LogP contribution in [-0.2, 0) is 20.8 Å². The minimum Gasteiger partial charge on any atom is -0.382 e. The predicted molar refractivity (Wildman–Crippen MR) is 98.6 cm³/mol. The van der Waals surface area contributed by atoms with Gasteiger partial charge in [-0.15, -0.1) is 0 Å². The lowest BCUT2D eigenvalue weighted by Gasteiger charge is -2.19. The number of amides is 2. The normalized spacial score (nSPS) is 16.8. The average molecular weight is 369 g/mol. The SMILES string of the molecule is CNC(=O)[C@@H](Cc1ccccc1)NC(=O)[C@H]1CC(c2cccc(F)c2)=NO1. The monoisotopic (exact) mass is 369 g/mol. The summed E-state index contributed by atoms with van der Waals surface area (Å²) in [5, 5.41) is 9.17. The van der Waals surface area contributed by atoms with Crippen LogP contribution < -0.4 is 10.6 Å². The van der Waals surface area contributed by atoms with Crippen molar-refractivity contribution in [3.05, 3.63) is 71.5 Å².